The third kappa shape index (κ3) is 1.28. The highest BCUT2D eigenvalue weighted by Crippen LogP contribution is 2.09. The molecule has 0 saturated heterocycles. The quantitative estimate of drug-likeness (QED) is 0.358. The lowest BCUT2D eigenvalue weighted by molar-refractivity contribution is -0.137. The number of rotatable bonds is 1. The molecule has 1 rings (SSSR count). The third-order valence-corrected chi connectivity index (χ3v) is 1.13. The van der Waals surface area contributed by atoms with Crippen molar-refractivity contribution in [3.8, 4) is 18.1 Å². The van der Waals surface area contributed by atoms with Gasteiger partial charge in [0.25, 0.3) is 0 Å². The first-order valence-electron chi connectivity index (χ1n) is 2.75. The molecule has 1 N–H and O–H groups in total. The van der Waals surface area contributed by atoms with Gasteiger partial charge in [-0.05, 0) is 24.3 Å². The normalized spacial score (nSPS) is 8.40. The molecule has 10 heavy (non-hydrogen) atoms. The molecule has 0 saturated carbocycles. The first-order chi connectivity index (χ1) is 4.86. The van der Waals surface area contributed by atoms with Crippen LogP contribution in [0.4, 0.5) is 0 Å². The van der Waals surface area contributed by atoms with Crippen LogP contribution in [-0.2, 0) is 0 Å². The average molecular weight is 134 g/mol. The molecule has 1 aromatic rings. The second-order valence-electron chi connectivity index (χ2n) is 1.76. The Balaban J connectivity index is 2.93. The molecule has 0 heterocycles. The molecule has 0 bridgehead atoms. The Morgan fingerprint density at radius 1 is 1.30 bits per heavy atom. The Hall–Kier alpha value is -1.46. The van der Waals surface area contributed by atoms with Gasteiger partial charge in [-0.1, -0.05) is 5.92 Å². The predicted molar refractivity (Wildman–Crippen MR) is 37.6 cm³/mol. The third-order valence-electron chi connectivity index (χ3n) is 1.13. The highest BCUT2D eigenvalue weighted by molar-refractivity contribution is 5.36. The molecule has 0 aliphatic carbocycles. The van der Waals surface area contributed by atoms with E-state index in [0.29, 0.717) is 5.75 Å². The highest BCUT2D eigenvalue weighted by Gasteiger charge is 1.89. The van der Waals surface area contributed by atoms with Crippen molar-refractivity contribution in [2.45, 2.75) is 0 Å². The van der Waals surface area contributed by atoms with Crippen molar-refractivity contribution in [2.75, 3.05) is 0 Å². The van der Waals surface area contributed by atoms with Crippen LogP contribution in [0, 0.1) is 12.3 Å². The fourth-order valence-electron chi connectivity index (χ4n) is 0.612. The van der Waals surface area contributed by atoms with E-state index in [2.05, 4.69) is 10.8 Å². The average Bonchev–Trinajstić information content (AvgIpc) is 2.05. The van der Waals surface area contributed by atoms with Crippen LogP contribution in [0.3, 0.4) is 0 Å². The Bertz CT molecular complexity index is 243. The van der Waals surface area contributed by atoms with E-state index in [1.165, 1.54) is 0 Å². The summed E-state index contributed by atoms with van der Waals surface area (Å²) in [6.45, 7) is 0. The number of hydrogen-bond acceptors (Lipinski definition) is 2. The van der Waals surface area contributed by atoms with E-state index in [9.17, 15) is 0 Å². The standard InChI is InChI=1S/C8H6O2/c1-2-7-3-5-8(10-9)6-4-7/h1,3-6,9H. The first-order valence-corrected chi connectivity index (χ1v) is 2.75. The van der Waals surface area contributed by atoms with Gasteiger partial charge in [0.1, 0.15) is 0 Å². The van der Waals surface area contributed by atoms with Crippen LogP contribution in [0.15, 0.2) is 24.3 Å². The SMILES string of the molecule is C#Cc1ccc(OO)cc1. The molecule has 0 fully saturated rings. The summed E-state index contributed by atoms with van der Waals surface area (Å²) in [6, 6.07) is 6.56. The van der Waals surface area contributed by atoms with Crippen LogP contribution in [0.2, 0.25) is 0 Å². The van der Waals surface area contributed by atoms with Gasteiger partial charge in [0, 0.05) is 5.56 Å². The number of hydrogen-bond donors (Lipinski definition) is 1. The lowest BCUT2D eigenvalue weighted by atomic mass is 10.2. The van der Waals surface area contributed by atoms with E-state index in [1.54, 1.807) is 24.3 Å². The Morgan fingerprint density at radius 2 is 1.90 bits per heavy atom. The van der Waals surface area contributed by atoms with E-state index in [4.69, 9.17) is 11.7 Å². The second kappa shape index (κ2) is 2.90. The molecule has 0 aliphatic heterocycles. The van der Waals surface area contributed by atoms with Crippen molar-refractivity contribution in [1.29, 1.82) is 0 Å². The molecule has 50 valence electrons. The molecule has 0 radical (unpaired) electrons. The summed E-state index contributed by atoms with van der Waals surface area (Å²) in [5.74, 6) is 2.83. The molecular formula is C8H6O2. The highest BCUT2D eigenvalue weighted by atomic mass is 17.1. The molecule has 0 spiro atoms. The summed E-state index contributed by atoms with van der Waals surface area (Å²) in [5, 5.41) is 8.15. The van der Waals surface area contributed by atoms with Gasteiger partial charge in [0.05, 0.1) is 0 Å². The van der Waals surface area contributed by atoms with Crippen molar-refractivity contribution in [2.24, 2.45) is 0 Å². The number of terminal acetylenes is 1. The van der Waals surface area contributed by atoms with Crippen molar-refractivity contribution >= 4 is 0 Å². The zero-order valence-corrected chi connectivity index (χ0v) is 5.24. The zero-order valence-electron chi connectivity index (χ0n) is 5.24. The molecule has 2 heteroatoms. The van der Waals surface area contributed by atoms with Crippen molar-refractivity contribution < 1.29 is 10.1 Å². The van der Waals surface area contributed by atoms with Crippen molar-refractivity contribution in [1.82, 2.24) is 0 Å². The fraction of sp³-hybridized carbons (Fsp3) is 0. The summed E-state index contributed by atoms with van der Waals surface area (Å²) in [6.07, 6.45) is 5.09. The minimum Gasteiger partial charge on any atom is -0.340 e. The lowest BCUT2D eigenvalue weighted by Crippen LogP contribution is -1.82. The first kappa shape index (κ1) is 6.66. The zero-order chi connectivity index (χ0) is 7.40. The van der Waals surface area contributed by atoms with Gasteiger partial charge in [-0.15, -0.1) is 6.42 Å². The fourth-order valence-corrected chi connectivity index (χ4v) is 0.612. The largest absolute Gasteiger partial charge is 0.340 e. The van der Waals surface area contributed by atoms with Gasteiger partial charge in [0.2, 0.25) is 0 Å². The molecule has 0 unspecified atom stereocenters. The van der Waals surface area contributed by atoms with E-state index >= 15 is 0 Å². The van der Waals surface area contributed by atoms with Gasteiger partial charge in [-0.2, -0.15) is 0 Å². The Labute approximate surface area is 59.0 Å². The maximum absolute atomic E-state index is 8.15. The Morgan fingerprint density at radius 3 is 2.30 bits per heavy atom. The van der Waals surface area contributed by atoms with Gasteiger partial charge in [0.15, 0.2) is 5.75 Å². The van der Waals surface area contributed by atoms with Crippen LogP contribution < -0.4 is 4.89 Å². The van der Waals surface area contributed by atoms with Crippen LogP contribution in [0.5, 0.6) is 5.75 Å². The van der Waals surface area contributed by atoms with Crippen LogP contribution >= 0.6 is 0 Å². The van der Waals surface area contributed by atoms with E-state index in [0.717, 1.165) is 5.56 Å². The van der Waals surface area contributed by atoms with Crippen LogP contribution in [0.1, 0.15) is 5.56 Å². The van der Waals surface area contributed by atoms with Crippen LogP contribution in [0.25, 0.3) is 0 Å². The molecule has 0 amide bonds. The van der Waals surface area contributed by atoms with E-state index in [-0.39, 0.29) is 0 Å². The molecular weight excluding hydrogens is 128 g/mol. The predicted octanol–water partition coefficient (Wildman–Crippen LogP) is 1.52. The van der Waals surface area contributed by atoms with Gasteiger partial charge < -0.3 is 4.89 Å². The topological polar surface area (TPSA) is 29.5 Å². The summed E-state index contributed by atoms with van der Waals surface area (Å²) in [4.78, 5) is 3.95. The molecule has 0 aromatic heterocycles. The molecule has 0 aliphatic rings. The van der Waals surface area contributed by atoms with Crippen molar-refractivity contribution in [3.63, 3.8) is 0 Å². The molecule has 2 nitrogen and oxygen atoms in total. The lowest BCUT2D eigenvalue weighted by Gasteiger charge is -1.93. The maximum atomic E-state index is 8.15. The molecule has 0 atom stereocenters. The van der Waals surface area contributed by atoms with E-state index in [1.807, 2.05) is 0 Å². The van der Waals surface area contributed by atoms with E-state index < -0.39 is 0 Å². The minimum absolute atomic E-state index is 0.388. The van der Waals surface area contributed by atoms with Gasteiger partial charge >= 0.3 is 0 Å². The summed E-state index contributed by atoms with van der Waals surface area (Å²) >= 11 is 0. The summed E-state index contributed by atoms with van der Waals surface area (Å²) in [7, 11) is 0. The Kier molecular flexibility index (Phi) is 1.93. The maximum Gasteiger partial charge on any atom is 0.165 e. The minimum atomic E-state index is 0.388. The summed E-state index contributed by atoms with van der Waals surface area (Å²) < 4.78 is 0. The van der Waals surface area contributed by atoms with Crippen molar-refractivity contribution in [3.05, 3.63) is 29.8 Å². The molecule has 1 aromatic carbocycles. The smallest absolute Gasteiger partial charge is 0.165 e. The monoisotopic (exact) mass is 134 g/mol. The summed E-state index contributed by atoms with van der Waals surface area (Å²) in [5.41, 5.74) is 0.765. The number of benzene rings is 1. The second-order valence-corrected chi connectivity index (χ2v) is 1.76. The van der Waals surface area contributed by atoms with Gasteiger partial charge in [-0.3, -0.25) is 0 Å². The van der Waals surface area contributed by atoms with Crippen LogP contribution in [-0.4, -0.2) is 5.26 Å². The van der Waals surface area contributed by atoms with Gasteiger partial charge in [-0.25, -0.2) is 5.26 Å².